The number of fused-ring (bicyclic) bond motifs is 3. The monoisotopic (exact) mass is 498 g/mol. The third-order valence-electron chi connectivity index (χ3n) is 6.04. The Morgan fingerprint density at radius 2 is 2.09 bits per heavy atom. The Morgan fingerprint density at radius 1 is 1.32 bits per heavy atom. The number of nitrogens with zero attached hydrogens (tertiary/aromatic N) is 4. The summed E-state index contributed by atoms with van der Waals surface area (Å²) in [6, 6.07) is 1.48. The van der Waals surface area contributed by atoms with Crippen molar-refractivity contribution in [3.63, 3.8) is 0 Å². The van der Waals surface area contributed by atoms with Crippen LogP contribution in [0.3, 0.4) is 0 Å². The first kappa shape index (κ1) is 24.3. The fraction of sp³-hybridized carbons (Fsp3) is 0.500. The van der Waals surface area contributed by atoms with Crippen LogP contribution in [0.4, 0.5) is 23.7 Å². The second-order valence-corrected chi connectivity index (χ2v) is 9.15. The summed E-state index contributed by atoms with van der Waals surface area (Å²) < 4.78 is 42.5. The van der Waals surface area contributed by atoms with E-state index in [1.54, 1.807) is 16.6 Å². The minimum absolute atomic E-state index is 0.0425. The van der Waals surface area contributed by atoms with Crippen molar-refractivity contribution in [2.75, 3.05) is 38.5 Å². The standard InChI is InChI=1S/C22H26ClF3N6O2/c1-12(24)7-27-8-13-9-30(2)21(33)20-14-11-31(6-5-16(14)29-32(20)10-13)22(34)28-17-4-3-15(25)18(23)19(17)26/h3-4,12-13,27H,5-11H2,1-2H3,(H,28,34)/t12?,13-/m1/s1. The van der Waals surface area contributed by atoms with Crippen LogP contribution in [0.1, 0.15) is 28.7 Å². The number of nitrogens with one attached hydrogen (secondary N) is 2. The minimum atomic E-state index is -1.05. The predicted octanol–water partition coefficient (Wildman–Crippen LogP) is 3.05. The Kier molecular flexibility index (Phi) is 7.04. The van der Waals surface area contributed by atoms with Crippen LogP contribution in [-0.2, 0) is 19.5 Å². The van der Waals surface area contributed by atoms with Gasteiger partial charge in [-0.15, -0.1) is 0 Å². The summed E-state index contributed by atoms with van der Waals surface area (Å²) in [5.41, 5.74) is 1.58. The van der Waals surface area contributed by atoms with Crippen molar-refractivity contribution in [1.29, 1.82) is 0 Å². The van der Waals surface area contributed by atoms with Crippen LogP contribution in [0.15, 0.2) is 12.1 Å². The lowest BCUT2D eigenvalue weighted by atomic mass is 10.0. The van der Waals surface area contributed by atoms with Crippen LogP contribution in [0, 0.1) is 17.6 Å². The first-order valence-electron chi connectivity index (χ1n) is 11.0. The first-order valence-corrected chi connectivity index (χ1v) is 11.4. The number of halogens is 4. The summed E-state index contributed by atoms with van der Waals surface area (Å²) in [7, 11) is 1.70. The number of rotatable bonds is 5. The molecule has 0 fully saturated rings. The Bertz CT molecular complexity index is 1110. The lowest BCUT2D eigenvalue weighted by Crippen LogP contribution is -2.40. The van der Waals surface area contributed by atoms with Gasteiger partial charge in [-0.3, -0.25) is 9.48 Å². The van der Waals surface area contributed by atoms with Gasteiger partial charge in [0.25, 0.3) is 5.91 Å². The van der Waals surface area contributed by atoms with E-state index < -0.39 is 28.9 Å². The highest BCUT2D eigenvalue weighted by Crippen LogP contribution is 2.28. The number of carbonyl (C=O) groups excluding carboxylic acids is 2. The number of carbonyl (C=O) groups is 2. The van der Waals surface area contributed by atoms with Gasteiger partial charge >= 0.3 is 6.03 Å². The quantitative estimate of drug-likeness (QED) is 0.621. The Morgan fingerprint density at radius 3 is 2.82 bits per heavy atom. The molecule has 1 aromatic heterocycles. The van der Waals surface area contributed by atoms with Gasteiger partial charge in [0.1, 0.15) is 22.7 Å². The number of aromatic nitrogens is 2. The number of hydrogen-bond acceptors (Lipinski definition) is 4. The van der Waals surface area contributed by atoms with Crippen LogP contribution >= 0.6 is 11.6 Å². The van der Waals surface area contributed by atoms with E-state index in [1.807, 2.05) is 0 Å². The number of benzene rings is 1. The Balaban J connectivity index is 1.52. The van der Waals surface area contributed by atoms with E-state index in [2.05, 4.69) is 15.7 Å². The predicted molar refractivity (Wildman–Crippen MR) is 121 cm³/mol. The highest BCUT2D eigenvalue weighted by atomic mass is 35.5. The summed E-state index contributed by atoms with van der Waals surface area (Å²) in [5.74, 6) is -2.13. The molecule has 0 radical (unpaired) electrons. The van der Waals surface area contributed by atoms with E-state index in [0.717, 1.165) is 17.8 Å². The maximum absolute atomic E-state index is 14.2. The molecule has 1 aromatic carbocycles. The second-order valence-electron chi connectivity index (χ2n) is 8.77. The molecule has 0 bridgehead atoms. The maximum atomic E-state index is 14.2. The third kappa shape index (κ3) is 4.85. The van der Waals surface area contributed by atoms with Crippen LogP contribution in [0.25, 0.3) is 0 Å². The molecule has 2 aliphatic heterocycles. The molecule has 3 amide bonds. The molecule has 4 rings (SSSR count). The van der Waals surface area contributed by atoms with Crippen molar-refractivity contribution in [3.05, 3.63) is 45.7 Å². The molecule has 2 aliphatic rings. The van der Waals surface area contributed by atoms with Gasteiger partial charge < -0.3 is 20.4 Å². The summed E-state index contributed by atoms with van der Waals surface area (Å²) in [5, 5.41) is 9.45. The molecule has 0 spiro atoms. The van der Waals surface area contributed by atoms with Crippen molar-refractivity contribution >= 4 is 29.2 Å². The van der Waals surface area contributed by atoms with Gasteiger partial charge in [0.05, 0.1) is 17.9 Å². The second kappa shape index (κ2) is 9.83. The van der Waals surface area contributed by atoms with Gasteiger partial charge in [0, 0.05) is 57.7 Å². The van der Waals surface area contributed by atoms with E-state index in [0.29, 0.717) is 43.9 Å². The van der Waals surface area contributed by atoms with Crippen LogP contribution in [0.2, 0.25) is 5.02 Å². The zero-order valence-corrected chi connectivity index (χ0v) is 19.6. The molecule has 8 nitrogen and oxygen atoms in total. The first-order chi connectivity index (χ1) is 16.2. The molecule has 184 valence electrons. The van der Waals surface area contributed by atoms with Gasteiger partial charge in [0.2, 0.25) is 0 Å². The fourth-order valence-corrected chi connectivity index (χ4v) is 4.52. The highest BCUT2D eigenvalue weighted by molar-refractivity contribution is 6.31. The molecular weight excluding hydrogens is 473 g/mol. The van der Waals surface area contributed by atoms with Gasteiger partial charge in [-0.25, -0.2) is 18.0 Å². The Labute approximate surface area is 200 Å². The molecule has 0 saturated carbocycles. The van der Waals surface area contributed by atoms with E-state index in [1.165, 1.54) is 11.8 Å². The number of alkyl halides is 1. The molecule has 2 N–H and O–H groups in total. The van der Waals surface area contributed by atoms with Gasteiger partial charge in [0.15, 0.2) is 5.82 Å². The maximum Gasteiger partial charge on any atom is 0.322 e. The van der Waals surface area contributed by atoms with Crippen molar-refractivity contribution in [3.8, 4) is 0 Å². The molecular formula is C22H26ClF3N6O2. The lowest BCUT2D eigenvalue weighted by molar-refractivity contribution is 0.0778. The number of hydrogen-bond donors (Lipinski definition) is 2. The average Bonchev–Trinajstić information content (AvgIpc) is 3.09. The minimum Gasteiger partial charge on any atom is -0.340 e. The van der Waals surface area contributed by atoms with Crippen molar-refractivity contribution in [2.45, 2.75) is 32.6 Å². The molecule has 1 unspecified atom stereocenters. The summed E-state index contributed by atoms with van der Waals surface area (Å²) >= 11 is 5.60. The zero-order chi connectivity index (χ0) is 24.6. The van der Waals surface area contributed by atoms with Gasteiger partial charge in [-0.1, -0.05) is 11.6 Å². The van der Waals surface area contributed by atoms with Crippen LogP contribution in [-0.4, -0.2) is 70.9 Å². The van der Waals surface area contributed by atoms with E-state index in [4.69, 9.17) is 11.6 Å². The molecule has 0 saturated heterocycles. The largest absolute Gasteiger partial charge is 0.340 e. The Hall–Kier alpha value is -2.79. The van der Waals surface area contributed by atoms with Crippen molar-refractivity contribution < 1.29 is 22.8 Å². The van der Waals surface area contributed by atoms with Gasteiger partial charge in [-0.05, 0) is 19.1 Å². The fourth-order valence-electron chi connectivity index (χ4n) is 4.36. The normalized spacial score (nSPS) is 18.9. The van der Waals surface area contributed by atoms with Gasteiger partial charge in [-0.2, -0.15) is 5.10 Å². The SMILES string of the molecule is CC(F)CNC[C@@H]1CN(C)C(=O)c2c3c(nn2C1)CCN(C(=O)Nc1ccc(F)c(Cl)c1F)C3. The number of amides is 3. The molecule has 12 heteroatoms. The number of urea groups is 1. The van der Waals surface area contributed by atoms with E-state index >= 15 is 0 Å². The molecule has 0 aliphatic carbocycles. The van der Waals surface area contributed by atoms with Crippen LogP contribution < -0.4 is 10.6 Å². The summed E-state index contributed by atoms with van der Waals surface area (Å²) in [4.78, 5) is 29.0. The molecule has 2 aromatic rings. The lowest BCUT2D eigenvalue weighted by Gasteiger charge is -2.27. The summed E-state index contributed by atoms with van der Waals surface area (Å²) in [6.07, 6.45) is -0.538. The highest BCUT2D eigenvalue weighted by Gasteiger charge is 2.35. The molecule has 3 heterocycles. The zero-order valence-electron chi connectivity index (χ0n) is 18.9. The average molecular weight is 499 g/mol. The molecule has 2 atom stereocenters. The third-order valence-corrected chi connectivity index (χ3v) is 6.38. The van der Waals surface area contributed by atoms with E-state index in [9.17, 15) is 22.8 Å². The van der Waals surface area contributed by atoms with Crippen LogP contribution in [0.5, 0.6) is 0 Å². The smallest absolute Gasteiger partial charge is 0.322 e. The topological polar surface area (TPSA) is 82.5 Å². The number of anilines is 1. The molecule has 34 heavy (non-hydrogen) atoms. The van der Waals surface area contributed by atoms with Crippen molar-refractivity contribution in [1.82, 2.24) is 24.9 Å². The summed E-state index contributed by atoms with van der Waals surface area (Å²) in [6.45, 7) is 3.66. The van der Waals surface area contributed by atoms with E-state index in [-0.39, 0.29) is 30.6 Å². The van der Waals surface area contributed by atoms with Crippen molar-refractivity contribution in [2.24, 2.45) is 5.92 Å².